The molecule has 0 aromatic carbocycles. The first-order valence-corrected chi connectivity index (χ1v) is 8.99. The standard InChI is InChI=1S/C19H23N5O2/c1-4-26-10-17-21-12(2)7-18(23-17)24-11-19(5-6-19)14-9-20-16(8-15(14)24)22-13(3)25/h7-9H,4-6,10-11H2,1-3H3,(H,20,22,25). The Morgan fingerprint density at radius 2 is 2.15 bits per heavy atom. The number of fused-ring (bicyclic) bond motifs is 2. The first-order chi connectivity index (χ1) is 12.5. The first kappa shape index (κ1) is 16.9. The number of carbonyl (C=O) groups excluding carboxylic acids is 1. The van der Waals surface area contributed by atoms with Crippen LogP contribution in [0.5, 0.6) is 0 Å². The topological polar surface area (TPSA) is 80.2 Å². The summed E-state index contributed by atoms with van der Waals surface area (Å²) in [4.78, 5) is 27.2. The van der Waals surface area contributed by atoms with E-state index in [2.05, 4.69) is 20.2 Å². The van der Waals surface area contributed by atoms with Gasteiger partial charge < -0.3 is 15.0 Å². The summed E-state index contributed by atoms with van der Waals surface area (Å²) in [5, 5.41) is 2.78. The van der Waals surface area contributed by atoms with Crippen molar-refractivity contribution in [2.75, 3.05) is 23.4 Å². The number of carbonyl (C=O) groups is 1. The number of aromatic nitrogens is 3. The zero-order chi connectivity index (χ0) is 18.3. The maximum absolute atomic E-state index is 11.4. The Balaban J connectivity index is 1.73. The molecule has 1 aliphatic heterocycles. The molecule has 0 radical (unpaired) electrons. The van der Waals surface area contributed by atoms with Crippen LogP contribution in [0.1, 0.15) is 43.8 Å². The third-order valence-corrected chi connectivity index (χ3v) is 4.96. The van der Waals surface area contributed by atoms with Crippen LogP contribution in [0.2, 0.25) is 0 Å². The molecule has 1 fully saturated rings. The molecular formula is C19H23N5O2. The molecule has 0 saturated heterocycles. The van der Waals surface area contributed by atoms with Crippen molar-refractivity contribution in [2.24, 2.45) is 0 Å². The van der Waals surface area contributed by atoms with Gasteiger partial charge in [0, 0.05) is 55.1 Å². The molecule has 1 spiro atoms. The lowest BCUT2D eigenvalue weighted by Gasteiger charge is -2.20. The molecule has 2 aromatic rings. The van der Waals surface area contributed by atoms with Gasteiger partial charge in [0.05, 0.1) is 5.69 Å². The fraction of sp³-hybridized carbons (Fsp3) is 0.474. The summed E-state index contributed by atoms with van der Waals surface area (Å²) >= 11 is 0. The van der Waals surface area contributed by atoms with Gasteiger partial charge in [-0.05, 0) is 26.7 Å². The van der Waals surface area contributed by atoms with Crippen LogP contribution < -0.4 is 10.2 Å². The van der Waals surface area contributed by atoms with Crippen LogP contribution in [0.3, 0.4) is 0 Å². The second-order valence-electron chi connectivity index (χ2n) is 7.06. The number of pyridine rings is 1. The highest BCUT2D eigenvalue weighted by atomic mass is 16.5. The number of aryl methyl sites for hydroxylation is 1. The quantitative estimate of drug-likeness (QED) is 0.890. The van der Waals surface area contributed by atoms with Gasteiger partial charge in [-0.15, -0.1) is 0 Å². The smallest absolute Gasteiger partial charge is 0.222 e. The minimum Gasteiger partial charge on any atom is -0.374 e. The van der Waals surface area contributed by atoms with Gasteiger partial charge in [0.15, 0.2) is 5.82 Å². The number of nitrogens with zero attached hydrogens (tertiary/aromatic N) is 4. The van der Waals surface area contributed by atoms with Gasteiger partial charge >= 0.3 is 0 Å². The van der Waals surface area contributed by atoms with E-state index >= 15 is 0 Å². The zero-order valence-electron chi connectivity index (χ0n) is 15.4. The minimum absolute atomic E-state index is 0.125. The Morgan fingerprint density at radius 1 is 1.35 bits per heavy atom. The third-order valence-electron chi connectivity index (χ3n) is 4.96. The van der Waals surface area contributed by atoms with E-state index in [4.69, 9.17) is 9.72 Å². The van der Waals surface area contributed by atoms with Crippen LogP contribution in [-0.4, -0.2) is 34.0 Å². The van der Waals surface area contributed by atoms with E-state index in [-0.39, 0.29) is 11.3 Å². The lowest BCUT2D eigenvalue weighted by Crippen LogP contribution is -2.21. The van der Waals surface area contributed by atoms with Crippen LogP contribution in [0, 0.1) is 6.92 Å². The van der Waals surface area contributed by atoms with E-state index in [1.807, 2.05) is 32.2 Å². The van der Waals surface area contributed by atoms with Gasteiger partial charge in [0.1, 0.15) is 18.2 Å². The SMILES string of the molecule is CCOCc1nc(C)cc(N2CC3(CC3)c3cnc(NC(C)=O)cc32)n1. The number of ether oxygens (including phenoxy) is 1. The number of hydrogen-bond acceptors (Lipinski definition) is 6. The van der Waals surface area contributed by atoms with E-state index in [1.54, 1.807) is 0 Å². The van der Waals surface area contributed by atoms with E-state index in [1.165, 1.54) is 12.5 Å². The van der Waals surface area contributed by atoms with Crippen molar-refractivity contribution < 1.29 is 9.53 Å². The van der Waals surface area contributed by atoms with Crippen molar-refractivity contribution in [3.63, 3.8) is 0 Å². The van der Waals surface area contributed by atoms with Crippen molar-refractivity contribution >= 4 is 23.2 Å². The highest BCUT2D eigenvalue weighted by Crippen LogP contribution is 2.57. The third kappa shape index (κ3) is 3.03. The molecule has 136 valence electrons. The van der Waals surface area contributed by atoms with Crippen molar-refractivity contribution in [1.29, 1.82) is 0 Å². The molecule has 1 N–H and O–H groups in total. The number of rotatable bonds is 5. The minimum atomic E-state index is -0.125. The van der Waals surface area contributed by atoms with Crippen LogP contribution in [0.15, 0.2) is 18.3 Å². The van der Waals surface area contributed by atoms with Gasteiger partial charge in [0.25, 0.3) is 0 Å². The summed E-state index contributed by atoms with van der Waals surface area (Å²) in [6, 6.07) is 3.95. The van der Waals surface area contributed by atoms with E-state index in [0.717, 1.165) is 36.6 Å². The number of amides is 1. The zero-order valence-corrected chi connectivity index (χ0v) is 15.4. The average molecular weight is 353 g/mol. The largest absolute Gasteiger partial charge is 0.374 e. The molecule has 7 heteroatoms. The lowest BCUT2D eigenvalue weighted by atomic mass is 10.0. The number of nitrogens with one attached hydrogen (secondary N) is 1. The van der Waals surface area contributed by atoms with Gasteiger partial charge in [-0.2, -0.15) is 0 Å². The highest BCUT2D eigenvalue weighted by Gasteiger charge is 2.52. The molecule has 0 atom stereocenters. The molecule has 1 aliphatic carbocycles. The second kappa shape index (κ2) is 6.32. The Hall–Kier alpha value is -2.54. The molecule has 7 nitrogen and oxygen atoms in total. The highest BCUT2D eigenvalue weighted by molar-refractivity contribution is 5.89. The van der Waals surface area contributed by atoms with Crippen molar-refractivity contribution in [1.82, 2.24) is 15.0 Å². The maximum Gasteiger partial charge on any atom is 0.222 e. The summed E-state index contributed by atoms with van der Waals surface area (Å²) < 4.78 is 5.48. The van der Waals surface area contributed by atoms with E-state index < -0.39 is 0 Å². The molecule has 0 bridgehead atoms. The fourth-order valence-electron chi connectivity index (χ4n) is 3.59. The molecule has 3 heterocycles. The number of anilines is 3. The van der Waals surface area contributed by atoms with Gasteiger partial charge in [-0.1, -0.05) is 0 Å². The van der Waals surface area contributed by atoms with Crippen LogP contribution in [-0.2, 0) is 21.6 Å². The predicted molar refractivity (Wildman–Crippen MR) is 98.6 cm³/mol. The lowest BCUT2D eigenvalue weighted by molar-refractivity contribution is -0.114. The Kier molecular flexibility index (Phi) is 4.11. The summed E-state index contributed by atoms with van der Waals surface area (Å²) in [5.41, 5.74) is 3.41. The molecule has 2 aromatic heterocycles. The van der Waals surface area contributed by atoms with Crippen molar-refractivity contribution in [2.45, 2.75) is 45.6 Å². The predicted octanol–water partition coefficient (Wildman–Crippen LogP) is 2.86. The summed E-state index contributed by atoms with van der Waals surface area (Å²) in [6.07, 6.45) is 4.23. The Bertz CT molecular complexity index is 863. The molecule has 0 unspecified atom stereocenters. The molecule has 2 aliphatic rings. The van der Waals surface area contributed by atoms with E-state index in [9.17, 15) is 4.79 Å². The van der Waals surface area contributed by atoms with Crippen LogP contribution >= 0.6 is 0 Å². The Morgan fingerprint density at radius 3 is 2.85 bits per heavy atom. The van der Waals surface area contributed by atoms with Gasteiger partial charge in [-0.3, -0.25) is 4.79 Å². The molecular weight excluding hydrogens is 330 g/mol. The van der Waals surface area contributed by atoms with Crippen LogP contribution in [0.25, 0.3) is 0 Å². The normalized spacial score (nSPS) is 16.7. The maximum atomic E-state index is 11.4. The van der Waals surface area contributed by atoms with Crippen LogP contribution in [0.4, 0.5) is 17.3 Å². The summed E-state index contributed by atoms with van der Waals surface area (Å²) in [6.45, 7) is 7.35. The molecule has 26 heavy (non-hydrogen) atoms. The fourth-order valence-corrected chi connectivity index (χ4v) is 3.59. The number of hydrogen-bond donors (Lipinski definition) is 1. The molecule has 1 amide bonds. The van der Waals surface area contributed by atoms with Gasteiger partial charge in [0.2, 0.25) is 5.91 Å². The summed E-state index contributed by atoms with van der Waals surface area (Å²) in [5.74, 6) is 2.01. The van der Waals surface area contributed by atoms with E-state index in [0.29, 0.717) is 24.9 Å². The second-order valence-corrected chi connectivity index (χ2v) is 7.06. The average Bonchev–Trinajstić information content (AvgIpc) is 3.30. The monoisotopic (exact) mass is 353 g/mol. The Labute approximate surface area is 152 Å². The van der Waals surface area contributed by atoms with Crippen molar-refractivity contribution in [3.05, 3.63) is 35.4 Å². The summed E-state index contributed by atoms with van der Waals surface area (Å²) in [7, 11) is 0. The first-order valence-electron chi connectivity index (χ1n) is 8.99. The molecule has 4 rings (SSSR count). The van der Waals surface area contributed by atoms with Crippen molar-refractivity contribution in [3.8, 4) is 0 Å². The van der Waals surface area contributed by atoms with Gasteiger partial charge in [-0.25, -0.2) is 15.0 Å². The molecule has 1 saturated carbocycles.